The fourth-order valence-electron chi connectivity index (χ4n) is 2.94. The molecule has 0 saturated carbocycles. The molecule has 2 nitrogen and oxygen atoms in total. The van der Waals surface area contributed by atoms with Crippen LogP contribution in [0.5, 0.6) is 0 Å². The van der Waals surface area contributed by atoms with E-state index in [0.717, 1.165) is 12.8 Å². The van der Waals surface area contributed by atoms with Crippen molar-refractivity contribution >= 4 is 0 Å². The third-order valence-electron chi connectivity index (χ3n) is 3.26. The van der Waals surface area contributed by atoms with Crippen molar-refractivity contribution < 1.29 is 0 Å². The van der Waals surface area contributed by atoms with Crippen molar-refractivity contribution in [3.05, 3.63) is 0 Å². The molecule has 64 valence electrons. The Morgan fingerprint density at radius 2 is 1.64 bits per heavy atom. The van der Waals surface area contributed by atoms with Crippen molar-refractivity contribution in [1.29, 1.82) is 0 Å². The molecule has 3 atom stereocenters. The van der Waals surface area contributed by atoms with Gasteiger partial charge in [-0.3, -0.25) is 0 Å². The monoisotopic (exact) mass is 154 g/mol. The number of fused-ring (bicyclic) bond motifs is 2. The van der Waals surface area contributed by atoms with Gasteiger partial charge in [-0.1, -0.05) is 0 Å². The van der Waals surface area contributed by atoms with Crippen LogP contribution in [0, 0.1) is 0 Å². The topological polar surface area (TPSA) is 38.0 Å². The normalized spacial score (nSPS) is 56.5. The minimum Gasteiger partial charge on any atom is -0.328 e. The Balaban J connectivity index is 2.21. The summed E-state index contributed by atoms with van der Waals surface area (Å²) in [5, 5.41) is 3.69. The van der Waals surface area contributed by atoms with Crippen LogP contribution in [-0.4, -0.2) is 17.1 Å². The summed E-state index contributed by atoms with van der Waals surface area (Å²) < 4.78 is 0. The van der Waals surface area contributed by atoms with Gasteiger partial charge in [0.15, 0.2) is 0 Å². The highest BCUT2D eigenvalue weighted by Crippen LogP contribution is 2.41. The Morgan fingerprint density at radius 1 is 1.18 bits per heavy atom. The molecule has 2 bridgehead atoms. The molecule has 1 unspecified atom stereocenters. The second-order valence-electron chi connectivity index (χ2n) is 4.91. The first kappa shape index (κ1) is 7.56. The van der Waals surface area contributed by atoms with E-state index < -0.39 is 0 Å². The predicted octanol–water partition coefficient (Wildman–Crippen LogP) is 1.01. The molecule has 2 saturated heterocycles. The van der Waals surface area contributed by atoms with Crippen LogP contribution in [0.15, 0.2) is 0 Å². The molecule has 2 aliphatic heterocycles. The van der Waals surface area contributed by atoms with Gasteiger partial charge in [0.1, 0.15) is 0 Å². The number of nitrogens with two attached hydrogens (primary N) is 1. The lowest BCUT2D eigenvalue weighted by Crippen LogP contribution is -2.57. The van der Waals surface area contributed by atoms with E-state index in [1.54, 1.807) is 0 Å². The summed E-state index contributed by atoms with van der Waals surface area (Å²) in [7, 11) is 0. The predicted molar refractivity (Wildman–Crippen MR) is 46.4 cm³/mol. The number of nitrogens with one attached hydrogen (secondary N) is 1. The summed E-state index contributed by atoms with van der Waals surface area (Å²) in [4.78, 5) is 0. The molecule has 0 spiro atoms. The van der Waals surface area contributed by atoms with E-state index in [-0.39, 0.29) is 0 Å². The third kappa shape index (κ3) is 1.18. The molecule has 0 aromatic heterocycles. The van der Waals surface area contributed by atoms with Crippen LogP contribution in [-0.2, 0) is 0 Å². The van der Waals surface area contributed by atoms with E-state index in [9.17, 15) is 0 Å². The molecule has 3 N–H and O–H groups in total. The zero-order chi connectivity index (χ0) is 8.11. The van der Waals surface area contributed by atoms with Gasteiger partial charge in [0.05, 0.1) is 0 Å². The maximum Gasteiger partial charge on any atom is 0.0173 e. The largest absolute Gasteiger partial charge is 0.328 e. The molecule has 0 aromatic carbocycles. The Kier molecular flexibility index (Phi) is 1.37. The van der Waals surface area contributed by atoms with Gasteiger partial charge in [-0.2, -0.15) is 0 Å². The average molecular weight is 154 g/mol. The van der Waals surface area contributed by atoms with E-state index in [4.69, 9.17) is 5.73 Å². The van der Waals surface area contributed by atoms with Crippen molar-refractivity contribution in [2.75, 3.05) is 0 Å². The number of hydrogen-bond donors (Lipinski definition) is 2. The van der Waals surface area contributed by atoms with Crippen LogP contribution in [0.25, 0.3) is 0 Å². The fraction of sp³-hybridized carbons (Fsp3) is 1.00. The molecule has 0 amide bonds. The molecule has 0 aliphatic carbocycles. The Morgan fingerprint density at radius 3 is 2.09 bits per heavy atom. The Hall–Kier alpha value is -0.0800. The SMILES string of the molecule is C[C@]12CC[C@](C)(CC(N)C1)N2. The standard InChI is InChI=1S/C9H18N2/c1-8-3-4-9(2,11-8)6-7(10)5-8/h7,11H,3-6,10H2,1-2H3/t7?,8-,9+. The lowest BCUT2D eigenvalue weighted by molar-refractivity contribution is 0.211. The van der Waals surface area contributed by atoms with Gasteiger partial charge in [0.25, 0.3) is 0 Å². The van der Waals surface area contributed by atoms with E-state index in [0.29, 0.717) is 17.1 Å². The van der Waals surface area contributed by atoms with Gasteiger partial charge in [-0.15, -0.1) is 0 Å². The molecule has 2 aliphatic rings. The zero-order valence-corrected chi connectivity index (χ0v) is 7.48. The highest BCUT2D eigenvalue weighted by Gasteiger charge is 2.47. The number of hydrogen-bond acceptors (Lipinski definition) is 2. The van der Waals surface area contributed by atoms with Crippen molar-refractivity contribution in [3.63, 3.8) is 0 Å². The van der Waals surface area contributed by atoms with Gasteiger partial charge < -0.3 is 11.1 Å². The van der Waals surface area contributed by atoms with Gasteiger partial charge in [0, 0.05) is 17.1 Å². The average Bonchev–Trinajstić information content (AvgIpc) is 2.01. The highest BCUT2D eigenvalue weighted by atomic mass is 15.1. The van der Waals surface area contributed by atoms with Crippen molar-refractivity contribution in [1.82, 2.24) is 5.32 Å². The van der Waals surface area contributed by atoms with Crippen molar-refractivity contribution in [2.45, 2.75) is 56.7 Å². The fourth-order valence-corrected chi connectivity index (χ4v) is 2.94. The smallest absolute Gasteiger partial charge is 0.0173 e. The summed E-state index contributed by atoms with van der Waals surface area (Å²) in [6.07, 6.45) is 4.92. The number of piperidine rings is 1. The zero-order valence-electron chi connectivity index (χ0n) is 7.48. The van der Waals surface area contributed by atoms with Crippen LogP contribution in [0.4, 0.5) is 0 Å². The Bertz CT molecular complexity index is 162. The van der Waals surface area contributed by atoms with E-state index in [1.165, 1.54) is 12.8 Å². The molecule has 0 aromatic rings. The molecular formula is C9H18N2. The minimum atomic E-state index is 0.354. The quantitative estimate of drug-likeness (QED) is 0.546. The van der Waals surface area contributed by atoms with Gasteiger partial charge in [-0.05, 0) is 39.5 Å². The molecule has 11 heavy (non-hydrogen) atoms. The van der Waals surface area contributed by atoms with Crippen molar-refractivity contribution in [3.8, 4) is 0 Å². The van der Waals surface area contributed by atoms with Gasteiger partial charge in [0.2, 0.25) is 0 Å². The second kappa shape index (κ2) is 1.99. The van der Waals surface area contributed by atoms with Gasteiger partial charge in [-0.25, -0.2) is 0 Å². The maximum atomic E-state index is 5.99. The van der Waals surface area contributed by atoms with Crippen LogP contribution in [0.3, 0.4) is 0 Å². The molecular weight excluding hydrogens is 136 g/mol. The number of rotatable bonds is 0. The summed E-state index contributed by atoms with van der Waals surface area (Å²) in [5.74, 6) is 0. The summed E-state index contributed by atoms with van der Waals surface area (Å²) in [5.41, 5.74) is 6.69. The first-order valence-electron chi connectivity index (χ1n) is 4.56. The maximum absolute atomic E-state index is 5.99. The molecule has 0 radical (unpaired) electrons. The first-order chi connectivity index (χ1) is 5.02. The summed E-state index contributed by atoms with van der Waals surface area (Å²) in [6, 6.07) is 0.425. The lowest BCUT2D eigenvalue weighted by atomic mass is 9.85. The van der Waals surface area contributed by atoms with Crippen LogP contribution in [0.1, 0.15) is 39.5 Å². The molecule has 2 heterocycles. The second-order valence-corrected chi connectivity index (χ2v) is 4.91. The molecule has 2 fully saturated rings. The summed E-state index contributed by atoms with van der Waals surface area (Å²) in [6.45, 7) is 4.61. The van der Waals surface area contributed by atoms with Crippen molar-refractivity contribution in [2.24, 2.45) is 5.73 Å². The molecule has 2 rings (SSSR count). The first-order valence-corrected chi connectivity index (χ1v) is 4.56. The van der Waals surface area contributed by atoms with Crippen LogP contribution < -0.4 is 11.1 Å². The summed E-state index contributed by atoms with van der Waals surface area (Å²) >= 11 is 0. The van der Waals surface area contributed by atoms with E-state index >= 15 is 0 Å². The van der Waals surface area contributed by atoms with E-state index in [1.807, 2.05) is 0 Å². The van der Waals surface area contributed by atoms with Gasteiger partial charge >= 0.3 is 0 Å². The Labute approximate surface area is 68.5 Å². The highest BCUT2D eigenvalue weighted by molar-refractivity contribution is 5.08. The molecule has 2 heteroatoms. The minimum absolute atomic E-state index is 0.354. The van der Waals surface area contributed by atoms with E-state index in [2.05, 4.69) is 19.2 Å². The third-order valence-corrected chi connectivity index (χ3v) is 3.26. The van der Waals surface area contributed by atoms with Crippen LogP contribution >= 0.6 is 0 Å². The lowest BCUT2D eigenvalue weighted by Gasteiger charge is -2.40. The van der Waals surface area contributed by atoms with Crippen LogP contribution in [0.2, 0.25) is 0 Å².